The van der Waals surface area contributed by atoms with E-state index in [-0.39, 0.29) is 11.2 Å². The lowest BCUT2D eigenvalue weighted by Crippen LogP contribution is -2.47. The zero-order valence-corrected chi connectivity index (χ0v) is 12.8. The molecule has 1 aromatic rings. The minimum atomic E-state index is 0.0141. The third-order valence-corrected chi connectivity index (χ3v) is 6.12. The highest BCUT2D eigenvalue weighted by Crippen LogP contribution is 2.39. The minimum Gasteiger partial charge on any atom is -0.352 e. The first-order valence-corrected chi connectivity index (χ1v) is 8.88. The maximum absolute atomic E-state index is 12.5. The van der Waals surface area contributed by atoms with Gasteiger partial charge in [0, 0.05) is 17.0 Å². The van der Waals surface area contributed by atoms with Gasteiger partial charge in [0.1, 0.15) is 5.25 Å². The fourth-order valence-corrected chi connectivity index (χ4v) is 5.21. The molecule has 2 aliphatic heterocycles. The van der Waals surface area contributed by atoms with Crippen LogP contribution in [0.4, 0.5) is 0 Å². The van der Waals surface area contributed by atoms with Gasteiger partial charge in [-0.15, -0.1) is 23.1 Å². The van der Waals surface area contributed by atoms with Gasteiger partial charge in [-0.2, -0.15) is 0 Å². The molecule has 0 spiro atoms. The maximum Gasteiger partial charge on any atom is 0.237 e. The van der Waals surface area contributed by atoms with Gasteiger partial charge in [-0.25, -0.2) is 0 Å². The van der Waals surface area contributed by atoms with E-state index in [1.807, 2.05) is 0 Å². The van der Waals surface area contributed by atoms with Crippen LogP contribution in [0.3, 0.4) is 0 Å². The van der Waals surface area contributed by atoms with E-state index in [0.717, 1.165) is 31.6 Å². The van der Waals surface area contributed by atoms with Crippen LogP contribution in [-0.2, 0) is 11.2 Å². The van der Waals surface area contributed by atoms with E-state index in [1.54, 1.807) is 23.1 Å². The molecule has 1 fully saturated rings. The van der Waals surface area contributed by atoms with Gasteiger partial charge in [-0.05, 0) is 55.5 Å². The van der Waals surface area contributed by atoms with Crippen LogP contribution >= 0.6 is 23.1 Å². The van der Waals surface area contributed by atoms with Crippen LogP contribution in [-0.4, -0.2) is 30.3 Å². The number of nitrogens with one attached hydrogen (secondary N) is 2. The highest BCUT2D eigenvalue weighted by Gasteiger charge is 2.30. The quantitative estimate of drug-likeness (QED) is 0.880. The predicted octanol–water partition coefficient (Wildman–Crippen LogP) is 2.34. The van der Waals surface area contributed by atoms with Crippen molar-refractivity contribution in [2.45, 2.75) is 43.5 Å². The lowest BCUT2D eigenvalue weighted by Gasteiger charge is -2.30. The van der Waals surface area contributed by atoms with Crippen LogP contribution < -0.4 is 10.6 Å². The second kappa shape index (κ2) is 5.85. The molecule has 3 heterocycles. The van der Waals surface area contributed by atoms with Gasteiger partial charge in [-0.1, -0.05) is 0 Å². The van der Waals surface area contributed by atoms with Crippen molar-refractivity contribution in [3.05, 3.63) is 21.9 Å². The van der Waals surface area contributed by atoms with Gasteiger partial charge >= 0.3 is 0 Å². The Bertz CT molecular complexity index is 460. The highest BCUT2D eigenvalue weighted by atomic mass is 32.2. The Morgan fingerprint density at radius 2 is 2.42 bits per heavy atom. The van der Waals surface area contributed by atoms with Gasteiger partial charge in [0.05, 0.1) is 0 Å². The lowest BCUT2D eigenvalue weighted by molar-refractivity contribution is -0.121. The molecule has 1 aromatic heterocycles. The van der Waals surface area contributed by atoms with Crippen LogP contribution in [0.25, 0.3) is 0 Å². The Labute approximate surface area is 122 Å². The highest BCUT2D eigenvalue weighted by molar-refractivity contribution is 8.00. The summed E-state index contributed by atoms with van der Waals surface area (Å²) in [6.45, 7) is 3.19. The van der Waals surface area contributed by atoms with Crippen LogP contribution in [0, 0.1) is 0 Å². The second-order valence-corrected chi connectivity index (χ2v) is 7.60. The molecule has 19 heavy (non-hydrogen) atoms. The summed E-state index contributed by atoms with van der Waals surface area (Å²) in [6, 6.07) is 2.98. The lowest BCUT2D eigenvalue weighted by atomic mass is 10.00. The number of thiophene rings is 1. The van der Waals surface area contributed by atoms with Crippen LogP contribution in [0.1, 0.15) is 35.5 Å². The van der Waals surface area contributed by atoms with E-state index in [1.165, 1.54) is 10.4 Å². The maximum atomic E-state index is 12.5. The molecule has 0 aromatic carbocycles. The number of fused-ring (bicyclic) bond motifs is 1. The molecule has 3 nitrogen and oxygen atoms in total. The standard InChI is InChI=1S/C14H20N2OS2/c1-9-8-10(2-5-15-9)16-14(17)13-11-3-6-18-12(11)4-7-19-13/h3,6,9-10,13,15H,2,4-5,7-8H2,1H3,(H,16,17). The number of carbonyl (C=O) groups is 1. The first-order chi connectivity index (χ1) is 9.24. The number of hydrogen-bond acceptors (Lipinski definition) is 4. The van der Waals surface area contributed by atoms with E-state index < -0.39 is 0 Å². The number of thioether (sulfide) groups is 1. The summed E-state index contributed by atoms with van der Waals surface area (Å²) in [4.78, 5) is 13.9. The molecule has 1 saturated heterocycles. The fourth-order valence-electron chi connectivity index (χ4n) is 2.90. The zero-order chi connectivity index (χ0) is 13.2. The van der Waals surface area contributed by atoms with E-state index >= 15 is 0 Å². The summed E-state index contributed by atoms with van der Waals surface area (Å²) in [5.74, 6) is 1.28. The predicted molar refractivity (Wildman–Crippen MR) is 81.9 cm³/mol. The first-order valence-electron chi connectivity index (χ1n) is 6.95. The molecule has 2 aliphatic rings. The SMILES string of the molecule is CC1CC(NC(=O)C2SCCc3sccc32)CCN1. The van der Waals surface area contributed by atoms with E-state index in [0.29, 0.717) is 12.1 Å². The van der Waals surface area contributed by atoms with Crippen LogP contribution in [0.2, 0.25) is 0 Å². The average molecular weight is 296 g/mol. The molecule has 3 atom stereocenters. The van der Waals surface area contributed by atoms with Gasteiger partial charge in [0.15, 0.2) is 0 Å². The number of hydrogen-bond donors (Lipinski definition) is 2. The molecule has 0 aliphatic carbocycles. The van der Waals surface area contributed by atoms with Crippen molar-refractivity contribution in [2.24, 2.45) is 0 Å². The van der Waals surface area contributed by atoms with Gasteiger partial charge < -0.3 is 10.6 Å². The Morgan fingerprint density at radius 3 is 3.26 bits per heavy atom. The third kappa shape index (κ3) is 2.98. The van der Waals surface area contributed by atoms with E-state index in [9.17, 15) is 4.79 Å². The monoisotopic (exact) mass is 296 g/mol. The molecule has 104 valence electrons. The number of carbonyl (C=O) groups excluding carboxylic acids is 1. The van der Waals surface area contributed by atoms with Crippen LogP contribution in [0.15, 0.2) is 11.4 Å². The second-order valence-electron chi connectivity index (χ2n) is 5.39. The molecule has 3 rings (SSSR count). The van der Waals surface area contributed by atoms with Crippen molar-refractivity contribution < 1.29 is 4.79 Å². The number of aryl methyl sites for hydroxylation is 1. The Balaban J connectivity index is 1.65. The normalized spacial score (nSPS) is 30.7. The number of piperidine rings is 1. The molecular weight excluding hydrogens is 276 g/mol. The summed E-state index contributed by atoms with van der Waals surface area (Å²) in [5.41, 5.74) is 1.25. The first kappa shape index (κ1) is 13.5. The van der Waals surface area contributed by atoms with Gasteiger partial charge in [0.2, 0.25) is 5.91 Å². The molecule has 1 amide bonds. The van der Waals surface area contributed by atoms with E-state index in [4.69, 9.17) is 0 Å². The van der Waals surface area contributed by atoms with Crippen molar-refractivity contribution in [3.63, 3.8) is 0 Å². The Kier molecular flexibility index (Phi) is 4.15. The fraction of sp³-hybridized carbons (Fsp3) is 0.643. The average Bonchev–Trinajstić information content (AvgIpc) is 2.86. The molecule has 2 N–H and O–H groups in total. The van der Waals surface area contributed by atoms with Crippen molar-refractivity contribution >= 4 is 29.0 Å². The Hall–Kier alpha value is -0.520. The zero-order valence-electron chi connectivity index (χ0n) is 11.1. The van der Waals surface area contributed by atoms with Crippen molar-refractivity contribution in [3.8, 4) is 0 Å². The number of rotatable bonds is 2. The summed E-state index contributed by atoms with van der Waals surface area (Å²) in [7, 11) is 0. The van der Waals surface area contributed by atoms with Crippen LogP contribution in [0.5, 0.6) is 0 Å². The summed E-state index contributed by atoms with van der Waals surface area (Å²) in [6.07, 6.45) is 3.20. The summed E-state index contributed by atoms with van der Waals surface area (Å²) >= 11 is 3.58. The van der Waals surface area contributed by atoms with Crippen molar-refractivity contribution in [1.82, 2.24) is 10.6 Å². The molecule has 5 heteroatoms. The molecular formula is C14H20N2OS2. The topological polar surface area (TPSA) is 41.1 Å². The third-order valence-electron chi connectivity index (χ3n) is 3.88. The Morgan fingerprint density at radius 1 is 1.53 bits per heavy atom. The van der Waals surface area contributed by atoms with Gasteiger partial charge in [0.25, 0.3) is 0 Å². The van der Waals surface area contributed by atoms with Crippen molar-refractivity contribution in [2.75, 3.05) is 12.3 Å². The minimum absolute atomic E-state index is 0.0141. The van der Waals surface area contributed by atoms with E-state index in [2.05, 4.69) is 29.0 Å². The molecule has 0 radical (unpaired) electrons. The molecule has 3 unspecified atom stereocenters. The summed E-state index contributed by atoms with van der Waals surface area (Å²) in [5, 5.41) is 8.80. The number of amides is 1. The summed E-state index contributed by atoms with van der Waals surface area (Å²) < 4.78 is 0. The van der Waals surface area contributed by atoms with Gasteiger partial charge in [-0.3, -0.25) is 4.79 Å². The largest absolute Gasteiger partial charge is 0.352 e. The van der Waals surface area contributed by atoms with Crippen molar-refractivity contribution in [1.29, 1.82) is 0 Å². The molecule has 0 bridgehead atoms. The smallest absolute Gasteiger partial charge is 0.237 e. The molecule has 0 saturated carbocycles.